The number of piperidine rings is 1. The smallest absolute Gasteiger partial charge is 0.0340 e. The molecule has 1 aromatic rings. The van der Waals surface area contributed by atoms with Crippen LogP contribution in [0.3, 0.4) is 0 Å². The van der Waals surface area contributed by atoms with Crippen molar-refractivity contribution in [2.75, 3.05) is 25.0 Å². The zero-order valence-corrected chi connectivity index (χ0v) is 11.0. The molecule has 0 amide bonds. The van der Waals surface area contributed by atoms with Crippen molar-refractivity contribution in [3.63, 3.8) is 0 Å². The first-order valence-corrected chi connectivity index (χ1v) is 6.80. The van der Waals surface area contributed by atoms with Crippen LogP contribution in [-0.2, 0) is 0 Å². The highest BCUT2D eigenvalue weighted by molar-refractivity contribution is 5.42. The Kier molecular flexibility index (Phi) is 4.43. The van der Waals surface area contributed by atoms with Crippen LogP contribution in [0.15, 0.2) is 30.3 Å². The quantitative estimate of drug-likeness (QED) is 0.857. The van der Waals surface area contributed by atoms with Gasteiger partial charge in [-0.3, -0.25) is 4.90 Å². The van der Waals surface area contributed by atoms with E-state index in [-0.39, 0.29) is 0 Å². The number of hydrogen-bond acceptors (Lipinski definition) is 2. The molecule has 2 nitrogen and oxygen atoms in total. The molecule has 17 heavy (non-hydrogen) atoms. The lowest BCUT2D eigenvalue weighted by Crippen LogP contribution is -2.44. The van der Waals surface area contributed by atoms with Crippen molar-refractivity contribution in [3.05, 3.63) is 30.3 Å². The van der Waals surface area contributed by atoms with Crippen molar-refractivity contribution in [1.82, 2.24) is 4.90 Å². The van der Waals surface area contributed by atoms with Gasteiger partial charge in [0.2, 0.25) is 0 Å². The normalized spacial score (nSPS) is 25.8. The van der Waals surface area contributed by atoms with Crippen LogP contribution < -0.4 is 5.32 Å². The molecule has 0 bridgehead atoms. The summed E-state index contributed by atoms with van der Waals surface area (Å²) < 4.78 is 0. The molecule has 0 spiro atoms. The van der Waals surface area contributed by atoms with Crippen molar-refractivity contribution < 1.29 is 0 Å². The van der Waals surface area contributed by atoms with Gasteiger partial charge < -0.3 is 5.32 Å². The van der Waals surface area contributed by atoms with Gasteiger partial charge in [0.05, 0.1) is 0 Å². The van der Waals surface area contributed by atoms with Crippen molar-refractivity contribution in [1.29, 1.82) is 0 Å². The fourth-order valence-corrected chi connectivity index (χ4v) is 2.64. The standard InChI is InChI=1S/C15H24N2/c1-13-7-6-11-17(14(13)2)12-10-16-15-8-4-3-5-9-15/h3-5,8-9,13-14,16H,6-7,10-12H2,1-2H3. The Labute approximate surface area is 105 Å². The number of benzene rings is 1. The van der Waals surface area contributed by atoms with Gasteiger partial charge in [-0.15, -0.1) is 0 Å². The summed E-state index contributed by atoms with van der Waals surface area (Å²) >= 11 is 0. The van der Waals surface area contributed by atoms with E-state index in [2.05, 4.69) is 54.4 Å². The first-order chi connectivity index (χ1) is 8.27. The Morgan fingerprint density at radius 3 is 2.76 bits per heavy atom. The molecule has 2 heteroatoms. The zero-order valence-electron chi connectivity index (χ0n) is 11.0. The third kappa shape index (κ3) is 3.47. The highest BCUT2D eigenvalue weighted by atomic mass is 15.2. The Hall–Kier alpha value is -1.02. The summed E-state index contributed by atoms with van der Waals surface area (Å²) in [5.74, 6) is 0.848. The summed E-state index contributed by atoms with van der Waals surface area (Å²) in [6, 6.07) is 11.2. The Bertz CT molecular complexity index is 323. The van der Waals surface area contributed by atoms with Gasteiger partial charge >= 0.3 is 0 Å². The van der Waals surface area contributed by atoms with E-state index < -0.39 is 0 Å². The summed E-state index contributed by atoms with van der Waals surface area (Å²) in [4.78, 5) is 2.62. The zero-order chi connectivity index (χ0) is 12.1. The maximum absolute atomic E-state index is 3.49. The third-order valence-electron chi connectivity index (χ3n) is 4.01. The first kappa shape index (κ1) is 12.4. The van der Waals surface area contributed by atoms with Crippen LogP contribution in [0.5, 0.6) is 0 Å². The molecule has 0 saturated carbocycles. The highest BCUT2D eigenvalue weighted by Crippen LogP contribution is 2.22. The molecule has 1 fully saturated rings. The van der Waals surface area contributed by atoms with Crippen LogP contribution >= 0.6 is 0 Å². The van der Waals surface area contributed by atoms with Gasteiger partial charge in [-0.25, -0.2) is 0 Å². The molecule has 1 aliphatic heterocycles. The molecule has 1 aliphatic rings. The van der Waals surface area contributed by atoms with Crippen LogP contribution in [0.1, 0.15) is 26.7 Å². The largest absolute Gasteiger partial charge is 0.384 e. The van der Waals surface area contributed by atoms with Gasteiger partial charge in [-0.2, -0.15) is 0 Å². The molecular formula is C15H24N2. The highest BCUT2D eigenvalue weighted by Gasteiger charge is 2.23. The lowest BCUT2D eigenvalue weighted by atomic mass is 9.92. The number of anilines is 1. The number of rotatable bonds is 4. The van der Waals surface area contributed by atoms with E-state index in [1.807, 2.05) is 0 Å². The first-order valence-electron chi connectivity index (χ1n) is 6.80. The molecule has 2 unspecified atom stereocenters. The van der Waals surface area contributed by atoms with Crippen LogP contribution in [-0.4, -0.2) is 30.6 Å². The minimum absolute atomic E-state index is 0.737. The molecule has 1 N–H and O–H groups in total. The molecule has 94 valence electrons. The summed E-state index contributed by atoms with van der Waals surface area (Å²) in [6.07, 6.45) is 2.75. The molecule has 0 aromatic heterocycles. The van der Waals surface area contributed by atoms with Gasteiger partial charge in [0.1, 0.15) is 0 Å². The molecule has 0 aliphatic carbocycles. The van der Waals surface area contributed by atoms with Crippen molar-refractivity contribution in [2.45, 2.75) is 32.7 Å². The minimum atomic E-state index is 0.737. The topological polar surface area (TPSA) is 15.3 Å². The van der Waals surface area contributed by atoms with Crippen LogP contribution in [0.25, 0.3) is 0 Å². The average molecular weight is 232 g/mol. The predicted molar refractivity (Wildman–Crippen MR) is 74.4 cm³/mol. The number of para-hydroxylation sites is 1. The second kappa shape index (κ2) is 6.06. The van der Waals surface area contributed by atoms with E-state index in [1.165, 1.54) is 25.1 Å². The minimum Gasteiger partial charge on any atom is -0.384 e. The third-order valence-corrected chi connectivity index (χ3v) is 4.01. The van der Waals surface area contributed by atoms with Gasteiger partial charge in [0, 0.05) is 24.8 Å². The fourth-order valence-electron chi connectivity index (χ4n) is 2.64. The second-order valence-corrected chi connectivity index (χ2v) is 5.19. The van der Waals surface area contributed by atoms with E-state index in [1.54, 1.807) is 0 Å². The molecule has 0 radical (unpaired) electrons. The van der Waals surface area contributed by atoms with E-state index in [9.17, 15) is 0 Å². The molecule has 1 saturated heterocycles. The molecule has 1 aromatic carbocycles. The molecular weight excluding hydrogens is 208 g/mol. The Balaban J connectivity index is 1.75. The van der Waals surface area contributed by atoms with Gasteiger partial charge in [0.25, 0.3) is 0 Å². The summed E-state index contributed by atoms with van der Waals surface area (Å²) in [5.41, 5.74) is 1.23. The van der Waals surface area contributed by atoms with Crippen LogP contribution in [0.2, 0.25) is 0 Å². The van der Waals surface area contributed by atoms with E-state index >= 15 is 0 Å². The summed E-state index contributed by atoms with van der Waals surface area (Å²) in [5, 5.41) is 3.49. The number of hydrogen-bond donors (Lipinski definition) is 1. The maximum atomic E-state index is 3.49. The van der Waals surface area contributed by atoms with E-state index in [0.717, 1.165) is 25.0 Å². The number of likely N-dealkylation sites (tertiary alicyclic amines) is 1. The van der Waals surface area contributed by atoms with E-state index in [4.69, 9.17) is 0 Å². The van der Waals surface area contributed by atoms with Crippen LogP contribution in [0, 0.1) is 5.92 Å². The Morgan fingerprint density at radius 2 is 2.00 bits per heavy atom. The van der Waals surface area contributed by atoms with Crippen molar-refractivity contribution in [3.8, 4) is 0 Å². The van der Waals surface area contributed by atoms with Crippen LogP contribution in [0.4, 0.5) is 5.69 Å². The average Bonchev–Trinajstić information content (AvgIpc) is 2.36. The second-order valence-electron chi connectivity index (χ2n) is 5.19. The lowest BCUT2D eigenvalue weighted by molar-refractivity contribution is 0.119. The molecule has 2 atom stereocenters. The van der Waals surface area contributed by atoms with Gasteiger partial charge in [-0.1, -0.05) is 25.1 Å². The number of nitrogens with one attached hydrogen (secondary N) is 1. The summed E-state index contributed by atoms with van der Waals surface area (Å²) in [7, 11) is 0. The Morgan fingerprint density at radius 1 is 1.24 bits per heavy atom. The van der Waals surface area contributed by atoms with E-state index in [0.29, 0.717) is 0 Å². The number of nitrogens with zero attached hydrogens (tertiary/aromatic N) is 1. The predicted octanol–water partition coefficient (Wildman–Crippen LogP) is 3.22. The van der Waals surface area contributed by atoms with Gasteiger partial charge in [-0.05, 0) is 44.4 Å². The van der Waals surface area contributed by atoms with Crippen molar-refractivity contribution >= 4 is 5.69 Å². The fraction of sp³-hybridized carbons (Fsp3) is 0.600. The summed E-state index contributed by atoms with van der Waals surface area (Å²) in [6.45, 7) is 8.21. The monoisotopic (exact) mass is 232 g/mol. The molecule has 2 rings (SSSR count). The van der Waals surface area contributed by atoms with Crippen molar-refractivity contribution in [2.24, 2.45) is 5.92 Å². The molecule has 1 heterocycles. The van der Waals surface area contributed by atoms with Gasteiger partial charge in [0.15, 0.2) is 0 Å². The SMILES string of the molecule is CC1CCCN(CCNc2ccccc2)C1C. The lowest BCUT2D eigenvalue weighted by Gasteiger charge is -2.37. The maximum Gasteiger partial charge on any atom is 0.0340 e.